The first-order valence-corrected chi connectivity index (χ1v) is 11.0. The molecule has 0 amide bonds. The highest BCUT2D eigenvalue weighted by atomic mass is 35.5. The summed E-state index contributed by atoms with van der Waals surface area (Å²) in [5.74, 6) is 0.114. The predicted octanol–water partition coefficient (Wildman–Crippen LogP) is 5.15. The van der Waals surface area contributed by atoms with Gasteiger partial charge in [-0.15, -0.1) is 11.3 Å². The molecule has 4 aromatic rings. The standard InChI is InChI=1S/C22H20ClFN6OS/c1-31-9-3-8-27-20-18(21-28-17(12-32-21)14-4-2-7-26-11-14)19(29-22(25)30-20)13-5-6-16(24)15(23)10-13/h2,4-7,10-12H,3,8-9H2,1H3,(H3,25,27,29,30). The Kier molecular flexibility index (Phi) is 6.89. The highest BCUT2D eigenvalue weighted by Gasteiger charge is 2.21. The summed E-state index contributed by atoms with van der Waals surface area (Å²) in [7, 11) is 1.65. The van der Waals surface area contributed by atoms with Crippen molar-refractivity contribution in [2.75, 3.05) is 31.3 Å². The number of hydrogen-bond acceptors (Lipinski definition) is 8. The summed E-state index contributed by atoms with van der Waals surface area (Å²) < 4.78 is 18.9. The maximum absolute atomic E-state index is 13.8. The van der Waals surface area contributed by atoms with Crippen LogP contribution in [0.5, 0.6) is 0 Å². The Balaban J connectivity index is 1.84. The van der Waals surface area contributed by atoms with Crippen LogP contribution in [-0.2, 0) is 4.74 Å². The average Bonchev–Trinajstić information content (AvgIpc) is 3.28. The van der Waals surface area contributed by atoms with Crippen LogP contribution in [-0.4, -0.2) is 40.2 Å². The molecule has 0 saturated heterocycles. The quantitative estimate of drug-likeness (QED) is 0.343. The number of hydrogen-bond donors (Lipinski definition) is 2. The molecular weight excluding hydrogens is 451 g/mol. The molecule has 7 nitrogen and oxygen atoms in total. The number of rotatable bonds is 8. The van der Waals surface area contributed by atoms with E-state index in [1.54, 1.807) is 25.6 Å². The van der Waals surface area contributed by atoms with E-state index in [2.05, 4.69) is 20.3 Å². The van der Waals surface area contributed by atoms with Crippen LogP contribution in [0.25, 0.3) is 33.1 Å². The van der Waals surface area contributed by atoms with Crippen molar-refractivity contribution < 1.29 is 9.13 Å². The fourth-order valence-corrected chi connectivity index (χ4v) is 4.17. The Bertz CT molecular complexity index is 1220. The molecule has 0 spiro atoms. The number of halogens is 2. The number of benzene rings is 1. The van der Waals surface area contributed by atoms with Crippen molar-refractivity contribution in [3.05, 3.63) is 58.9 Å². The molecule has 0 saturated carbocycles. The molecule has 164 valence electrons. The first kappa shape index (κ1) is 22.1. The van der Waals surface area contributed by atoms with Gasteiger partial charge in [0.2, 0.25) is 5.95 Å². The molecule has 0 aliphatic heterocycles. The van der Waals surface area contributed by atoms with Crippen molar-refractivity contribution >= 4 is 34.7 Å². The number of thiazole rings is 1. The van der Waals surface area contributed by atoms with Crippen molar-refractivity contribution in [2.24, 2.45) is 0 Å². The van der Waals surface area contributed by atoms with Gasteiger partial charge in [0.1, 0.15) is 16.6 Å². The lowest BCUT2D eigenvalue weighted by Crippen LogP contribution is -2.10. The molecule has 0 unspecified atom stereocenters. The smallest absolute Gasteiger partial charge is 0.222 e. The van der Waals surface area contributed by atoms with E-state index in [4.69, 9.17) is 27.1 Å². The number of nitrogens with one attached hydrogen (secondary N) is 1. The lowest BCUT2D eigenvalue weighted by Gasteiger charge is -2.14. The molecule has 1 aromatic carbocycles. The van der Waals surface area contributed by atoms with Crippen molar-refractivity contribution in [3.8, 4) is 33.1 Å². The molecule has 4 rings (SSSR count). The average molecular weight is 471 g/mol. The van der Waals surface area contributed by atoms with E-state index in [-0.39, 0.29) is 11.0 Å². The van der Waals surface area contributed by atoms with Crippen molar-refractivity contribution in [1.29, 1.82) is 0 Å². The molecule has 0 aliphatic carbocycles. The van der Waals surface area contributed by atoms with Crippen LogP contribution in [0.3, 0.4) is 0 Å². The van der Waals surface area contributed by atoms with Crippen molar-refractivity contribution in [2.45, 2.75) is 6.42 Å². The number of anilines is 2. The molecule has 0 fully saturated rings. The van der Waals surface area contributed by atoms with E-state index in [9.17, 15) is 4.39 Å². The first-order valence-electron chi connectivity index (χ1n) is 9.79. The lowest BCUT2D eigenvalue weighted by molar-refractivity contribution is 0.198. The van der Waals surface area contributed by atoms with Gasteiger partial charge in [-0.2, -0.15) is 4.98 Å². The van der Waals surface area contributed by atoms with Gasteiger partial charge in [0, 0.05) is 49.2 Å². The van der Waals surface area contributed by atoms with E-state index < -0.39 is 5.82 Å². The summed E-state index contributed by atoms with van der Waals surface area (Å²) in [6.07, 6.45) is 4.24. The largest absolute Gasteiger partial charge is 0.385 e. The predicted molar refractivity (Wildman–Crippen MR) is 126 cm³/mol. The third kappa shape index (κ3) is 4.85. The zero-order valence-electron chi connectivity index (χ0n) is 17.2. The Morgan fingerprint density at radius 2 is 2.06 bits per heavy atom. The van der Waals surface area contributed by atoms with E-state index >= 15 is 0 Å². The molecule has 0 bridgehead atoms. The van der Waals surface area contributed by atoms with Gasteiger partial charge in [-0.3, -0.25) is 4.98 Å². The molecule has 3 aromatic heterocycles. The van der Waals surface area contributed by atoms with E-state index in [0.717, 1.165) is 17.7 Å². The number of nitrogens with zero attached hydrogens (tertiary/aromatic N) is 4. The molecule has 0 atom stereocenters. The molecule has 10 heteroatoms. The zero-order valence-corrected chi connectivity index (χ0v) is 18.8. The summed E-state index contributed by atoms with van der Waals surface area (Å²) in [4.78, 5) is 17.8. The molecule has 3 N–H and O–H groups in total. The van der Waals surface area contributed by atoms with Crippen LogP contribution in [0.1, 0.15) is 6.42 Å². The summed E-state index contributed by atoms with van der Waals surface area (Å²) in [6, 6.07) is 8.23. The highest BCUT2D eigenvalue weighted by Crippen LogP contribution is 2.40. The fraction of sp³-hybridized carbons (Fsp3) is 0.182. The third-order valence-corrected chi connectivity index (χ3v) is 5.76. The van der Waals surface area contributed by atoms with Crippen LogP contribution in [0.2, 0.25) is 5.02 Å². The van der Waals surface area contributed by atoms with Gasteiger partial charge in [-0.1, -0.05) is 11.6 Å². The minimum absolute atomic E-state index is 0.00424. The number of aromatic nitrogens is 4. The lowest BCUT2D eigenvalue weighted by atomic mass is 10.1. The SMILES string of the molecule is COCCCNc1nc(N)nc(-c2ccc(F)c(Cl)c2)c1-c1nc(-c2cccnc2)cs1. The molecule has 3 heterocycles. The Labute approximate surface area is 193 Å². The number of nitrogen functional groups attached to an aromatic ring is 1. The van der Waals surface area contributed by atoms with Crippen molar-refractivity contribution in [1.82, 2.24) is 19.9 Å². The second-order valence-electron chi connectivity index (χ2n) is 6.84. The van der Waals surface area contributed by atoms with Gasteiger partial charge >= 0.3 is 0 Å². The van der Waals surface area contributed by atoms with Crippen molar-refractivity contribution in [3.63, 3.8) is 0 Å². The van der Waals surface area contributed by atoms with Crippen LogP contribution >= 0.6 is 22.9 Å². The van der Waals surface area contributed by atoms with E-state index in [1.165, 1.54) is 23.5 Å². The maximum Gasteiger partial charge on any atom is 0.222 e. The topological polar surface area (TPSA) is 98.8 Å². The Hall–Kier alpha value is -3.14. The number of ether oxygens (including phenoxy) is 1. The summed E-state index contributed by atoms with van der Waals surface area (Å²) in [5.41, 5.74) is 9.49. The van der Waals surface area contributed by atoms with Gasteiger partial charge in [-0.25, -0.2) is 14.4 Å². The Morgan fingerprint density at radius 3 is 2.81 bits per heavy atom. The van der Waals surface area contributed by atoms with Crippen LogP contribution in [0, 0.1) is 5.82 Å². The van der Waals surface area contributed by atoms with Crippen LogP contribution in [0.4, 0.5) is 16.2 Å². The molecule has 0 aliphatic rings. The fourth-order valence-electron chi connectivity index (χ4n) is 3.12. The second kappa shape index (κ2) is 9.99. The van der Waals surface area contributed by atoms with E-state index in [1.807, 2.05) is 17.5 Å². The summed E-state index contributed by atoms with van der Waals surface area (Å²) in [5, 5.41) is 5.94. The summed E-state index contributed by atoms with van der Waals surface area (Å²) in [6.45, 7) is 1.22. The van der Waals surface area contributed by atoms with E-state index in [0.29, 0.717) is 40.8 Å². The maximum atomic E-state index is 13.8. The van der Waals surface area contributed by atoms with Gasteiger partial charge < -0.3 is 15.8 Å². The number of nitrogens with two attached hydrogens (primary N) is 1. The Morgan fingerprint density at radius 1 is 1.19 bits per heavy atom. The van der Waals surface area contributed by atoms with Gasteiger partial charge in [0.25, 0.3) is 0 Å². The van der Waals surface area contributed by atoms with Crippen LogP contribution in [0.15, 0.2) is 48.1 Å². The van der Waals surface area contributed by atoms with Gasteiger partial charge in [-0.05, 0) is 36.8 Å². The van der Waals surface area contributed by atoms with Crippen LogP contribution < -0.4 is 11.1 Å². The minimum Gasteiger partial charge on any atom is -0.385 e. The zero-order chi connectivity index (χ0) is 22.5. The third-order valence-electron chi connectivity index (χ3n) is 4.61. The minimum atomic E-state index is -0.509. The number of pyridine rings is 1. The normalized spacial score (nSPS) is 11.0. The monoisotopic (exact) mass is 470 g/mol. The molecule has 32 heavy (non-hydrogen) atoms. The summed E-state index contributed by atoms with van der Waals surface area (Å²) >= 11 is 7.49. The molecule has 0 radical (unpaired) electrons. The first-order chi connectivity index (χ1) is 15.6. The van der Waals surface area contributed by atoms with Gasteiger partial charge in [0.15, 0.2) is 0 Å². The second-order valence-corrected chi connectivity index (χ2v) is 8.10. The molecular formula is C22H20ClFN6OS. The highest BCUT2D eigenvalue weighted by molar-refractivity contribution is 7.13. The number of methoxy groups -OCH3 is 1. The van der Waals surface area contributed by atoms with Gasteiger partial charge in [0.05, 0.1) is 22.0 Å².